The van der Waals surface area contributed by atoms with Gasteiger partial charge in [-0.1, -0.05) is 0 Å². The van der Waals surface area contributed by atoms with Crippen molar-refractivity contribution in [2.75, 3.05) is 0 Å². The first-order valence-electron chi connectivity index (χ1n) is 9.24. The summed E-state index contributed by atoms with van der Waals surface area (Å²) in [5, 5.41) is 20.1. The number of carbonyl (C=O) groups is 1. The molecule has 1 saturated heterocycles. The first-order valence-corrected chi connectivity index (χ1v) is 10.1. The molecule has 2 N–H and O–H groups in total. The minimum Gasteiger partial charge on any atom is -0.339 e. The number of amides is 1. The van der Waals surface area contributed by atoms with E-state index in [4.69, 9.17) is 0 Å². The number of carbonyl (C=O) groups excluding carboxylic acids is 1. The Morgan fingerprint density at radius 1 is 1.54 bits per heavy atom. The highest BCUT2D eigenvalue weighted by Gasteiger charge is 2.43. The van der Waals surface area contributed by atoms with Gasteiger partial charge in [-0.15, -0.1) is 11.3 Å². The van der Waals surface area contributed by atoms with E-state index in [-0.39, 0.29) is 11.9 Å². The van der Waals surface area contributed by atoms with Crippen molar-refractivity contribution in [2.24, 2.45) is 5.92 Å². The highest BCUT2D eigenvalue weighted by molar-refractivity contribution is 7.15. The molecule has 3 heterocycles. The molecular weight excluding hydrogens is 346 g/mol. The zero-order valence-corrected chi connectivity index (χ0v) is 15.6. The first-order chi connectivity index (χ1) is 12.7. The van der Waals surface area contributed by atoms with Gasteiger partial charge >= 0.3 is 0 Å². The fraction of sp³-hybridized carbons (Fsp3) is 0.526. The lowest BCUT2D eigenvalue weighted by Gasteiger charge is -2.23. The van der Waals surface area contributed by atoms with Gasteiger partial charge in [0.15, 0.2) is 0 Å². The summed E-state index contributed by atoms with van der Waals surface area (Å²) in [6, 6.07) is 6.21. The predicted octanol–water partition coefficient (Wildman–Crippen LogP) is 2.32. The van der Waals surface area contributed by atoms with Crippen LogP contribution in [0.4, 0.5) is 0 Å². The fourth-order valence-electron chi connectivity index (χ4n) is 4.05. The van der Waals surface area contributed by atoms with Crippen LogP contribution in [0.5, 0.6) is 0 Å². The molecule has 1 aliphatic carbocycles. The predicted molar refractivity (Wildman–Crippen MR) is 101 cm³/mol. The number of piperidine rings is 1. The largest absolute Gasteiger partial charge is 0.339 e. The van der Waals surface area contributed by atoms with Crippen molar-refractivity contribution in [3.8, 4) is 16.5 Å². The van der Waals surface area contributed by atoms with E-state index < -0.39 is 6.04 Å². The van der Waals surface area contributed by atoms with E-state index in [1.54, 1.807) is 11.3 Å². The molecule has 4 atom stereocenters. The number of rotatable bonds is 6. The van der Waals surface area contributed by atoms with Gasteiger partial charge in [0.05, 0.1) is 18.3 Å². The molecule has 1 saturated carbocycles. The molecular formula is C19H23N5OS. The zero-order valence-electron chi connectivity index (χ0n) is 14.8. The van der Waals surface area contributed by atoms with Crippen molar-refractivity contribution in [3.63, 3.8) is 0 Å². The number of fused-ring (bicyclic) bond motifs is 2. The lowest BCUT2D eigenvalue weighted by atomic mass is 9.99. The summed E-state index contributed by atoms with van der Waals surface area (Å²) in [4.78, 5) is 14.8. The molecule has 0 spiro atoms. The highest BCUT2D eigenvalue weighted by Crippen LogP contribution is 2.35. The second-order valence-corrected chi connectivity index (χ2v) is 8.33. The van der Waals surface area contributed by atoms with Crippen LogP contribution in [0.15, 0.2) is 24.5 Å². The maximum Gasteiger partial charge on any atom is 0.238 e. The van der Waals surface area contributed by atoms with E-state index in [1.807, 2.05) is 23.1 Å². The normalized spacial score (nSPS) is 25.2. The molecule has 2 aliphatic rings. The number of aryl methyl sites for hydroxylation is 1. The molecule has 4 rings (SSSR count). The molecule has 6 nitrogen and oxygen atoms in total. The Kier molecular flexibility index (Phi) is 4.79. The summed E-state index contributed by atoms with van der Waals surface area (Å²) in [5.41, 5.74) is 1.09. The monoisotopic (exact) mass is 369 g/mol. The minimum absolute atomic E-state index is 0.0234. The fourth-order valence-corrected chi connectivity index (χ4v) is 5.08. The van der Waals surface area contributed by atoms with Crippen molar-refractivity contribution in [2.45, 2.75) is 57.3 Å². The molecule has 26 heavy (non-hydrogen) atoms. The maximum atomic E-state index is 12.5. The Bertz CT molecular complexity index is 835. The van der Waals surface area contributed by atoms with Crippen molar-refractivity contribution in [1.29, 1.82) is 5.26 Å². The zero-order chi connectivity index (χ0) is 18.1. The summed E-state index contributed by atoms with van der Waals surface area (Å²) < 4.78 is 1.90. The summed E-state index contributed by atoms with van der Waals surface area (Å²) in [6.07, 6.45) is 7.81. The van der Waals surface area contributed by atoms with Gasteiger partial charge in [0.2, 0.25) is 5.91 Å². The first kappa shape index (κ1) is 17.3. The molecule has 1 amide bonds. The highest BCUT2D eigenvalue weighted by atomic mass is 32.1. The number of thiophene rings is 1. The van der Waals surface area contributed by atoms with E-state index in [2.05, 4.69) is 34.8 Å². The average molecular weight is 369 g/mol. The van der Waals surface area contributed by atoms with E-state index in [0.29, 0.717) is 18.4 Å². The molecule has 2 aromatic rings. The van der Waals surface area contributed by atoms with Crippen LogP contribution < -0.4 is 10.6 Å². The Morgan fingerprint density at radius 2 is 2.42 bits per heavy atom. The van der Waals surface area contributed by atoms with Gasteiger partial charge in [-0.05, 0) is 44.2 Å². The number of aromatic nitrogens is 2. The Hall–Kier alpha value is -2.17. The molecule has 2 aromatic heterocycles. The van der Waals surface area contributed by atoms with E-state index in [1.165, 1.54) is 6.42 Å². The van der Waals surface area contributed by atoms with Crippen LogP contribution in [0, 0.1) is 17.2 Å². The molecule has 7 heteroatoms. The second-order valence-electron chi connectivity index (χ2n) is 7.16. The Balaban J connectivity index is 1.38. The molecule has 2 fully saturated rings. The van der Waals surface area contributed by atoms with Crippen LogP contribution in [-0.2, 0) is 17.8 Å². The van der Waals surface area contributed by atoms with E-state index >= 15 is 0 Å². The van der Waals surface area contributed by atoms with Gasteiger partial charge in [-0.3, -0.25) is 9.48 Å². The summed E-state index contributed by atoms with van der Waals surface area (Å²) in [7, 11) is 0. The smallest absolute Gasteiger partial charge is 0.238 e. The molecule has 0 aromatic carbocycles. The van der Waals surface area contributed by atoms with Gasteiger partial charge in [0.25, 0.3) is 0 Å². The van der Waals surface area contributed by atoms with Gasteiger partial charge < -0.3 is 10.6 Å². The molecule has 136 valence electrons. The standard InChI is InChI=1S/C19H23N5OS/c1-2-24-11-13(10-21-24)17-6-5-16(26-17)8-15(9-20)23-19(25)18-12-3-4-14(7-12)22-18/h5-6,10-12,14-15,18,22H,2-4,7-8H2,1H3,(H,23,25)/t12?,14?,15-,18?/m0/s1. The van der Waals surface area contributed by atoms with Crippen LogP contribution in [-0.4, -0.2) is 33.8 Å². The van der Waals surface area contributed by atoms with E-state index in [0.717, 1.165) is 34.7 Å². The number of nitriles is 1. The number of hydrogen-bond donors (Lipinski definition) is 2. The van der Waals surface area contributed by atoms with Crippen LogP contribution in [0.25, 0.3) is 10.4 Å². The van der Waals surface area contributed by atoms with Crippen molar-refractivity contribution in [3.05, 3.63) is 29.4 Å². The van der Waals surface area contributed by atoms with Crippen molar-refractivity contribution < 1.29 is 4.79 Å². The third kappa shape index (κ3) is 3.39. The average Bonchev–Trinajstić information content (AvgIpc) is 3.43. The lowest BCUT2D eigenvalue weighted by Crippen LogP contribution is -2.50. The number of nitrogens with zero attached hydrogens (tertiary/aromatic N) is 3. The summed E-state index contributed by atoms with van der Waals surface area (Å²) in [6.45, 7) is 2.90. The van der Waals surface area contributed by atoms with Gasteiger partial charge in [0, 0.05) is 40.5 Å². The van der Waals surface area contributed by atoms with Crippen LogP contribution in [0.2, 0.25) is 0 Å². The molecule has 3 unspecified atom stereocenters. The number of nitrogens with one attached hydrogen (secondary N) is 2. The summed E-state index contributed by atoms with van der Waals surface area (Å²) >= 11 is 1.65. The van der Waals surface area contributed by atoms with Crippen molar-refractivity contribution >= 4 is 17.2 Å². The van der Waals surface area contributed by atoms with Crippen LogP contribution in [0.1, 0.15) is 31.1 Å². The lowest BCUT2D eigenvalue weighted by molar-refractivity contribution is -0.124. The molecule has 1 aliphatic heterocycles. The topological polar surface area (TPSA) is 82.7 Å². The van der Waals surface area contributed by atoms with Gasteiger partial charge in [-0.25, -0.2) is 0 Å². The minimum atomic E-state index is -0.492. The quantitative estimate of drug-likeness (QED) is 0.819. The molecule has 0 radical (unpaired) electrons. The second kappa shape index (κ2) is 7.22. The van der Waals surface area contributed by atoms with Crippen molar-refractivity contribution in [1.82, 2.24) is 20.4 Å². The Morgan fingerprint density at radius 3 is 3.08 bits per heavy atom. The summed E-state index contributed by atoms with van der Waals surface area (Å²) in [5.74, 6) is 0.410. The third-order valence-corrected chi connectivity index (χ3v) is 6.58. The van der Waals surface area contributed by atoms with Crippen LogP contribution in [0.3, 0.4) is 0 Å². The van der Waals surface area contributed by atoms with Crippen LogP contribution >= 0.6 is 11.3 Å². The number of hydrogen-bond acceptors (Lipinski definition) is 5. The van der Waals surface area contributed by atoms with Gasteiger partial charge in [-0.2, -0.15) is 10.4 Å². The molecule has 2 bridgehead atoms. The van der Waals surface area contributed by atoms with E-state index in [9.17, 15) is 10.1 Å². The third-order valence-electron chi connectivity index (χ3n) is 5.42. The SMILES string of the molecule is CCn1cc(-c2ccc(C[C@@H](C#N)NC(=O)C3NC4CCC3C4)s2)cn1. The Labute approximate surface area is 157 Å². The van der Waals surface area contributed by atoms with Gasteiger partial charge in [0.1, 0.15) is 6.04 Å². The maximum absolute atomic E-state index is 12.5.